The molecule has 0 fully saturated rings. The molecule has 0 bridgehead atoms. The fraction of sp³-hybridized carbons (Fsp3) is 0.118. The van der Waals surface area contributed by atoms with Crippen molar-refractivity contribution in [1.29, 1.82) is 0 Å². The molecule has 2 aromatic carbocycles. The van der Waals surface area contributed by atoms with E-state index in [0.717, 1.165) is 21.0 Å². The van der Waals surface area contributed by atoms with Crippen LogP contribution >= 0.6 is 15.9 Å². The molecule has 0 aliphatic carbocycles. The first-order chi connectivity index (χ1) is 10.1. The van der Waals surface area contributed by atoms with Crippen molar-refractivity contribution < 1.29 is 9.21 Å². The molecule has 1 heterocycles. The highest BCUT2D eigenvalue weighted by Gasteiger charge is 2.17. The van der Waals surface area contributed by atoms with Gasteiger partial charge in [0.25, 0.3) is 5.91 Å². The number of halogens is 1. The Kier molecular flexibility index (Phi) is 3.80. The first-order valence-electron chi connectivity index (χ1n) is 6.61. The summed E-state index contributed by atoms with van der Waals surface area (Å²) in [6.45, 7) is 0.561. The van der Waals surface area contributed by atoms with E-state index in [1.165, 1.54) is 6.26 Å². The molecule has 106 valence electrons. The largest absolute Gasteiger partial charge is 0.463 e. The highest BCUT2D eigenvalue weighted by molar-refractivity contribution is 9.10. The standard InChI is InChI=1S/C17H14BrNO2/c1-19(10-12-6-8-13(18)9-7-12)17(20)15-11-21-16-5-3-2-4-14(15)16/h2-9,11H,10H2,1H3. The first kappa shape index (κ1) is 13.9. The van der Waals surface area contributed by atoms with Gasteiger partial charge in [-0.25, -0.2) is 0 Å². The highest BCUT2D eigenvalue weighted by atomic mass is 79.9. The molecule has 0 N–H and O–H groups in total. The molecule has 1 amide bonds. The SMILES string of the molecule is CN(Cc1ccc(Br)cc1)C(=O)c1coc2ccccc12. The monoisotopic (exact) mass is 343 g/mol. The van der Waals surface area contributed by atoms with Gasteiger partial charge >= 0.3 is 0 Å². The minimum atomic E-state index is -0.0390. The van der Waals surface area contributed by atoms with E-state index in [-0.39, 0.29) is 5.91 Å². The number of hydrogen-bond acceptors (Lipinski definition) is 2. The Labute approximate surface area is 131 Å². The molecule has 0 aliphatic rings. The van der Waals surface area contributed by atoms with Crippen LogP contribution in [0.1, 0.15) is 15.9 Å². The van der Waals surface area contributed by atoms with Gasteiger partial charge in [-0.15, -0.1) is 0 Å². The second-order valence-electron chi connectivity index (χ2n) is 4.93. The summed E-state index contributed by atoms with van der Waals surface area (Å²) in [4.78, 5) is 14.2. The van der Waals surface area contributed by atoms with Gasteiger partial charge in [0.1, 0.15) is 11.8 Å². The maximum Gasteiger partial charge on any atom is 0.257 e. The third-order valence-corrected chi connectivity index (χ3v) is 3.92. The lowest BCUT2D eigenvalue weighted by atomic mass is 10.1. The second kappa shape index (κ2) is 5.74. The zero-order valence-corrected chi connectivity index (χ0v) is 13.1. The third kappa shape index (κ3) is 2.85. The Balaban J connectivity index is 1.82. The number of carbonyl (C=O) groups excluding carboxylic acids is 1. The molecular weight excluding hydrogens is 330 g/mol. The van der Waals surface area contributed by atoms with Crippen LogP contribution in [0.3, 0.4) is 0 Å². The number of para-hydroxylation sites is 1. The number of fused-ring (bicyclic) bond motifs is 1. The molecule has 3 aromatic rings. The molecule has 4 heteroatoms. The summed E-state index contributed by atoms with van der Waals surface area (Å²) in [6.07, 6.45) is 1.53. The van der Waals surface area contributed by atoms with E-state index in [2.05, 4.69) is 15.9 Å². The van der Waals surface area contributed by atoms with E-state index in [4.69, 9.17) is 4.42 Å². The zero-order chi connectivity index (χ0) is 14.8. The van der Waals surface area contributed by atoms with E-state index >= 15 is 0 Å². The summed E-state index contributed by atoms with van der Waals surface area (Å²) in [6, 6.07) is 15.5. The van der Waals surface area contributed by atoms with Crippen molar-refractivity contribution >= 4 is 32.8 Å². The fourth-order valence-corrected chi connectivity index (χ4v) is 2.55. The fourth-order valence-electron chi connectivity index (χ4n) is 2.28. The van der Waals surface area contributed by atoms with E-state index in [9.17, 15) is 4.79 Å². The quantitative estimate of drug-likeness (QED) is 0.703. The van der Waals surface area contributed by atoms with Crippen molar-refractivity contribution in [3.63, 3.8) is 0 Å². The van der Waals surface area contributed by atoms with Crippen LogP contribution in [-0.2, 0) is 6.54 Å². The van der Waals surface area contributed by atoms with Gasteiger partial charge in [-0.05, 0) is 23.8 Å². The maximum absolute atomic E-state index is 12.5. The number of benzene rings is 2. The molecular formula is C17H14BrNO2. The topological polar surface area (TPSA) is 33.5 Å². The average Bonchev–Trinajstić information content (AvgIpc) is 2.92. The van der Waals surface area contributed by atoms with Crippen molar-refractivity contribution in [3.05, 3.63) is 70.4 Å². The van der Waals surface area contributed by atoms with Crippen molar-refractivity contribution in [3.8, 4) is 0 Å². The molecule has 3 nitrogen and oxygen atoms in total. The van der Waals surface area contributed by atoms with Crippen molar-refractivity contribution in [1.82, 2.24) is 4.90 Å². The molecule has 0 saturated heterocycles. The van der Waals surface area contributed by atoms with Gasteiger partial charge in [-0.1, -0.05) is 46.3 Å². The molecule has 21 heavy (non-hydrogen) atoms. The van der Waals surface area contributed by atoms with Gasteiger partial charge in [0.2, 0.25) is 0 Å². The molecule has 3 rings (SSSR count). The third-order valence-electron chi connectivity index (χ3n) is 3.39. The van der Waals surface area contributed by atoms with Gasteiger partial charge in [-0.2, -0.15) is 0 Å². The van der Waals surface area contributed by atoms with Crippen LogP contribution < -0.4 is 0 Å². The predicted octanol–water partition coefficient (Wildman–Crippen LogP) is 4.47. The lowest BCUT2D eigenvalue weighted by Gasteiger charge is -2.16. The van der Waals surface area contributed by atoms with Crippen LogP contribution in [0.15, 0.2) is 63.7 Å². The molecule has 1 aromatic heterocycles. The lowest BCUT2D eigenvalue weighted by Crippen LogP contribution is -2.25. The van der Waals surface area contributed by atoms with E-state index in [0.29, 0.717) is 12.1 Å². The Hall–Kier alpha value is -2.07. The minimum absolute atomic E-state index is 0.0390. The maximum atomic E-state index is 12.5. The number of nitrogens with zero attached hydrogens (tertiary/aromatic N) is 1. The molecule has 0 unspecified atom stereocenters. The Morgan fingerprint density at radius 2 is 1.86 bits per heavy atom. The summed E-state index contributed by atoms with van der Waals surface area (Å²) < 4.78 is 6.46. The van der Waals surface area contributed by atoms with Crippen molar-refractivity contribution in [2.24, 2.45) is 0 Å². The Morgan fingerprint density at radius 1 is 1.14 bits per heavy atom. The molecule has 0 aliphatic heterocycles. The van der Waals surface area contributed by atoms with Gasteiger partial charge < -0.3 is 9.32 Å². The normalized spacial score (nSPS) is 10.8. The number of carbonyl (C=O) groups is 1. The minimum Gasteiger partial charge on any atom is -0.463 e. The molecule has 0 saturated carbocycles. The predicted molar refractivity (Wildman–Crippen MR) is 86.2 cm³/mol. The average molecular weight is 344 g/mol. The smallest absolute Gasteiger partial charge is 0.257 e. The van der Waals surface area contributed by atoms with E-state index < -0.39 is 0 Å². The van der Waals surface area contributed by atoms with Crippen LogP contribution in [0, 0.1) is 0 Å². The van der Waals surface area contributed by atoms with Gasteiger partial charge in [0.15, 0.2) is 0 Å². The number of amides is 1. The van der Waals surface area contributed by atoms with E-state index in [1.54, 1.807) is 11.9 Å². The summed E-state index contributed by atoms with van der Waals surface area (Å²) in [7, 11) is 1.80. The molecule has 0 atom stereocenters. The van der Waals surface area contributed by atoms with Gasteiger partial charge in [0.05, 0.1) is 5.56 Å². The van der Waals surface area contributed by atoms with Crippen LogP contribution in [0.2, 0.25) is 0 Å². The molecule has 0 radical (unpaired) electrons. The van der Waals surface area contributed by atoms with Crippen LogP contribution in [0.5, 0.6) is 0 Å². The van der Waals surface area contributed by atoms with Crippen LogP contribution in [0.4, 0.5) is 0 Å². The Bertz CT molecular complexity index is 777. The first-order valence-corrected chi connectivity index (χ1v) is 7.40. The van der Waals surface area contributed by atoms with Crippen LogP contribution in [0.25, 0.3) is 11.0 Å². The van der Waals surface area contributed by atoms with Gasteiger partial charge in [0, 0.05) is 23.5 Å². The zero-order valence-electron chi connectivity index (χ0n) is 11.5. The Morgan fingerprint density at radius 3 is 2.62 bits per heavy atom. The van der Waals surface area contributed by atoms with E-state index in [1.807, 2.05) is 48.5 Å². The van der Waals surface area contributed by atoms with Crippen LogP contribution in [-0.4, -0.2) is 17.9 Å². The van der Waals surface area contributed by atoms with Gasteiger partial charge in [-0.3, -0.25) is 4.79 Å². The molecule has 0 spiro atoms. The van der Waals surface area contributed by atoms with Crippen molar-refractivity contribution in [2.75, 3.05) is 7.05 Å². The summed E-state index contributed by atoms with van der Waals surface area (Å²) in [5, 5.41) is 0.852. The number of hydrogen-bond donors (Lipinski definition) is 0. The number of furan rings is 1. The number of rotatable bonds is 3. The summed E-state index contributed by atoms with van der Waals surface area (Å²) in [5.41, 5.74) is 2.42. The second-order valence-corrected chi connectivity index (χ2v) is 5.85. The lowest BCUT2D eigenvalue weighted by molar-refractivity contribution is 0.0786. The summed E-state index contributed by atoms with van der Waals surface area (Å²) in [5.74, 6) is -0.0390. The summed E-state index contributed by atoms with van der Waals surface area (Å²) >= 11 is 3.41. The van der Waals surface area contributed by atoms with Crippen molar-refractivity contribution in [2.45, 2.75) is 6.54 Å². The highest BCUT2D eigenvalue weighted by Crippen LogP contribution is 2.22.